The second kappa shape index (κ2) is 7.62. The highest BCUT2D eigenvalue weighted by Gasteiger charge is 2.18. The van der Waals surface area contributed by atoms with Gasteiger partial charge in [0.05, 0.1) is 11.7 Å². The zero-order valence-electron chi connectivity index (χ0n) is 12.6. The molecule has 23 heavy (non-hydrogen) atoms. The maximum atomic E-state index is 12.5. The van der Waals surface area contributed by atoms with Crippen LogP contribution in [-0.2, 0) is 4.74 Å². The molecule has 0 aromatic heterocycles. The van der Waals surface area contributed by atoms with E-state index in [4.69, 9.17) is 9.47 Å². The molecule has 2 aromatic rings. The van der Waals surface area contributed by atoms with E-state index in [1.165, 1.54) is 0 Å². The van der Waals surface area contributed by atoms with Crippen molar-refractivity contribution in [3.63, 3.8) is 0 Å². The Morgan fingerprint density at radius 3 is 2.91 bits per heavy atom. The number of carbonyl (C=O) groups excluding carboxylic acids is 1. The number of para-hydroxylation sites is 1. The summed E-state index contributed by atoms with van der Waals surface area (Å²) in [7, 11) is 0. The Morgan fingerprint density at radius 2 is 2.13 bits per heavy atom. The standard InChI is InChI=1S/C18H18BrNO3/c19-13-5-3-6-14(11-13)20-18(21)16-8-1-2-9-17(16)23-12-15-7-4-10-22-15/h1-3,5-6,8-9,11,15H,4,7,10,12H2,(H,20,21)/t15-/m0/s1. The van der Waals surface area contributed by atoms with Crippen molar-refractivity contribution in [2.45, 2.75) is 18.9 Å². The average Bonchev–Trinajstić information content (AvgIpc) is 3.06. The van der Waals surface area contributed by atoms with Crippen molar-refractivity contribution >= 4 is 27.5 Å². The quantitative estimate of drug-likeness (QED) is 0.848. The van der Waals surface area contributed by atoms with Gasteiger partial charge in [0.25, 0.3) is 5.91 Å². The second-order valence-electron chi connectivity index (χ2n) is 5.41. The monoisotopic (exact) mass is 375 g/mol. The maximum absolute atomic E-state index is 12.5. The largest absolute Gasteiger partial charge is 0.490 e. The number of nitrogens with one attached hydrogen (secondary N) is 1. The predicted octanol–water partition coefficient (Wildman–Crippen LogP) is 4.26. The zero-order chi connectivity index (χ0) is 16.1. The minimum Gasteiger partial charge on any atom is -0.490 e. The number of hydrogen-bond donors (Lipinski definition) is 1. The van der Waals surface area contributed by atoms with Crippen LogP contribution >= 0.6 is 15.9 Å². The van der Waals surface area contributed by atoms with E-state index in [-0.39, 0.29) is 12.0 Å². The van der Waals surface area contributed by atoms with E-state index in [2.05, 4.69) is 21.2 Å². The van der Waals surface area contributed by atoms with Crippen LogP contribution in [0.2, 0.25) is 0 Å². The van der Waals surface area contributed by atoms with E-state index >= 15 is 0 Å². The Balaban J connectivity index is 1.69. The van der Waals surface area contributed by atoms with Gasteiger partial charge < -0.3 is 14.8 Å². The fourth-order valence-corrected chi connectivity index (χ4v) is 2.90. The molecule has 1 atom stereocenters. The first-order valence-corrected chi connectivity index (χ1v) is 8.42. The van der Waals surface area contributed by atoms with Crippen molar-refractivity contribution in [2.24, 2.45) is 0 Å². The highest BCUT2D eigenvalue weighted by molar-refractivity contribution is 9.10. The molecule has 0 spiro atoms. The third kappa shape index (κ3) is 4.33. The SMILES string of the molecule is O=C(Nc1cccc(Br)c1)c1ccccc1OC[C@@H]1CCCO1. The first-order chi connectivity index (χ1) is 11.2. The highest BCUT2D eigenvalue weighted by Crippen LogP contribution is 2.22. The van der Waals surface area contributed by atoms with Gasteiger partial charge >= 0.3 is 0 Å². The van der Waals surface area contributed by atoms with Crippen LogP contribution < -0.4 is 10.1 Å². The molecule has 120 valence electrons. The summed E-state index contributed by atoms with van der Waals surface area (Å²) in [6.45, 7) is 1.26. The molecule has 0 bridgehead atoms. The lowest BCUT2D eigenvalue weighted by molar-refractivity contribution is 0.0673. The first-order valence-electron chi connectivity index (χ1n) is 7.63. The highest BCUT2D eigenvalue weighted by atomic mass is 79.9. The van der Waals surface area contributed by atoms with Crippen LogP contribution in [0.3, 0.4) is 0 Å². The van der Waals surface area contributed by atoms with Gasteiger partial charge in [-0.25, -0.2) is 0 Å². The van der Waals surface area contributed by atoms with Gasteiger partial charge in [0, 0.05) is 16.8 Å². The number of anilines is 1. The van der Waals surface area contributed by atoms with Gasteiger partial charge in [-0.1, -0.05) is 34.1 Å². The molecule has 1 fully saturated rings. The third-order valence-corrected chi connectivity index (χ3v) is 4.16. The van der Waals surface area contributed by atoms with Crippen molar-refractivity contribution in [3.05, 3.63) is 58.6 Å². The second-order valence-corrected chi connectivity index (χ2v) is 6.32. The van der Waals surface area contributed by atoms with Crippen LogP contribution in [0.15, 0.2) is 53.0 Å². The molecule has 1 N–H and O–H groups in total. The number of halogens is 1. The molecule has 0 unspecified atom stereocenters. The molecule has 5 heteroatoms. The summed E-state index contributed by atoms with van der Waals surface area (Å²) in [4.78, 5) is 12.5. The van der Waals surface area contributed by atoms with Gasteiger partial charge in [0.2, 0.25) is 0 Å². The number of ether oxygens (including phenoxy) is 2. The topological polar surface area (TPSA) is 47.6 Å². The summed E-state index contributed by atoms with van der Waals surface area (Å²) in [6.07, 6.45) is 2.20. The molecule has 0 aliphatic carbocycles. The van der Waals surface area contributed by atoms with Gasteiger partial charge in [-0.05, 0) is 43.2 Å². The fraction of sp³-hybridized carbons (Fsp3) is 0.278. The summed E-state index contributed by atoms with van der Waals surface area (Å²) in [6, 6.07) is 14.7. The summed E-state index contributed by atoms with van der Waals surface area (Å²) in [5.74, 6) is 0.390. The average molecular weight is 376 g/mol. The fourth-order valence-electron chi connectivity index (χ4n) is 2.50. The molecule has 0 radical (unpaired) electrons. The molecule has 1 heterocycles. The summed E-state index contributed by atoms with van der Waals surface area (Å²) >= 11 is 3.40. The van der Waals surface area contributed by atoms with Gasteiger partial charge in [0.1, 0.15) is 12.4 Å². The minimum atomic E-state index is -0.189. The van der Waals surface area contributed by atoms with Crippen LogP contribution in [0.4, 0.5) is 5.69 Å². The molecule has 1 saturated heterocycles. The smallest absolute Gasteiger partial charge is 0.259 e. The molecule has 1 aliphatic heterocycles. The van der Waals surface area contributed by atoms with Crippen molar-refractivity contribution in [3.8, 4) is 5.75 Å². The van der Waals surface area contributed by atoms with E-state index in [0.29, 0.717) is 17.9 Å². The summed E-state index contributed by atoms with van der Waals surface area (Å²) in [5.41, 5.74) is 1.25. The molecular formula is C18H18BrNO3. The Kier molecular flexibility index (Phi) is 5.31. The lowest BCUT2D eigenvalue weighted by Gasteiger charge is -2.14. The van der Waals surface area contributed by atoms with E-state index < -0.39 is 0 Å². The van der Waals surface area contributed by atoms with E-state index in [0.717, 1.165) is 29.6 Å². The number of benzene rings is 2. The molecule has 4 nitrogen and oxygen atoms in total. The Labute approximate surface area is 143 Å². The van der Waals surface area contributed by atoms with Crippen molar-refractivity contribution in [1.82, 2.24) is 0 Å². The van der Waals surface area contributed by atoms with Crippen LogP contribution in [0, 0.1) is 0 Å². The van der Waals surface area contributed by atoms with Gasteiger partial charge in [-0.15, -0.1) is 0 Å². The lowest BCUT2D eigenvalue weighted by Crippen LogP contribution is -2.19. The van der Waals surface area contributed by atoms with Crippen LogP contribution in [0.5, 0.6) is 5.75 Å². The van der Waals surface area contributed by atoms with Crippen LogP contribution in [0.25, 0.3) is 0 Å². The Morgan fingerprint density at radius 1 is 1.26 bits per heavy atom. The predicted molar refractivity (Wildman–Crippen MR) is 93.0 cm³/mol. The molecule has 1 amide bonds. The Bertz CT molecular complexity index is 683. The van der Waals surface area contributed by atoms with Crippen molar-refractivity contribution < 1.29 is 14.3 Å². The Hall–Kier alpha value is -1.85. The van der Waals surface area contributed by atoms with Crippen molar-refractivity contribution in [1.29, 1.82) is 0 Å². The van der Waals surface area contributed by atoms with E-state index in [1.54, 1.807) is 6.07 Å². The first kappa shape index (κ1) is 16.0. The minimum absolute atomic E-state index is 0.121. The number of carbonyl (C=O) groups is 1. The summed E-state index contributed by atoms with van der Waals surface area (Å²) < 4.78 is 12.3. The molecule has 2 aromatic carbocycles. The van der Waals surface area contributed by atoms with Gasteiger partial charge in [0.15, 0.2) is 0 Å². The molecular weight excluding hydrogens is 358 g/mol. The van der Waals surface area contributed by atoms with E-state index in [1.807, 2.05) is 42.5 Å². The van der Waals surface area contributed by atoms with Crippen molar-refractivity contribution in [2.75, 3.05) is 18.5 Å². The molecule has 1 aliphatic rings. The number of amides is 1. The van der Waals surface area contributed by atoms with E-state index in [9.17, 15) is 4.79 Å². The molecule has 3 rings (SSSR count). The summed E-state index contributed by atoms with van der Waals surface area (Å²) in [5, 5.41) is 2.89. The molecule has 0 saturated carbocycles. The number of rotatable bonds is 5. The van der Waals surface area contributed by atoms with Gasteiger partial charge in [-0.3, -0.25) is 4.79 Å². The maximum Gasteiger partial charge on any atom is 0.259 e. The number of hydrogen-bond acceptors (Lipinski definition) is 3. The van der Waals surface area contributed by atoms with Crippen LogP contribution in [0.1, 0.15) is 23.2 Å². The zero-order valence-corrected chi connectivity index (χ0v) is 14.2. The van der Waals surface area contributed by atoms with Gasteiger partial charge in [-0.2, -0.15) is 0 Å². The normalized spacial score (nSPS) is 17.0. The van der Waals surface area contributed by atoms with Crippen LogP contribution in [-0.4, -0.2) is 25.2 Å². The lowest BCUT2D eigenvalue weighted by atomic mass is 10.1. The third-order valence-electron chi connectivity index (χ3n) is 3.66.